The molecule has 3 rings (SSSR count). The van der Waals surface area contributed by atoms with Crippen molar-refractivity contribution in [1.29, 1.82) is 0 Å². The van der Waals surface area contributed by atoms with Crippen LogP contribution in [-0.4, -0.2) is 9.97 Å². The van der Waals surface area contributed by atoms with Crippen molar-refractivity contribution >= 4 is 22.0 Å². The van der Waals surface area contributed by atoms with Crippen LogP contribution in [0.4, 0.5) is 0 Å². The minimum atomic E-state index is 0.804. The van der Waals surface area contributed by atoms with Gasteiger partial charge in [0.1, 0.15) is 5.52 Å². The number of para-hydroxylation sites is 1. The average molecular weight is 170 g/mol. The average Bonchev–Trinajstić information content (AvgIpc) is 2.65. The van der Waals surface area contributed by atoms with E-state index in [2.05, 4.69) is 9.97 Å². The lowest BCUT2D eigenvalue weighted by Crippen LogP contribution is -1.78. The number of oxazole rings is 1. The number of benzene rings is 1. The Hall–Kier alpha value is -1.90. The number of pyridine rings is 1. The maximum Gasteiger partial charge on any atom is 0.182 e. The summed E-state index contributed by atoms with van der Waals surface area (Å²) in [7, 11) is 0. The van der Waals surface area contributed by atoms with E-state index in [1.807, 2.05) is 24.3 Å². The molecule has 0 N–H and O–H groups in total. The van der Waals surface area contributed by atoms with Crippen LogP contribution < -0.4 is 0 Å². The summed E-state index contributed by atoms with van der Waals surface area (Å²) in [5, 5.41) is 1.01. The fourth-order valence-corrected chi connectivity index (χ4v) is 1.46. The minimum Gasteiger partial charge on any atom is -0.443 e. The Kier molecular flexibility index (Phi) is 1.16. The van der Waals surface area contributed by atoms with E-state index in [0.717, 1.165) is 22.0 Å². The quantitative estimate of drug-likeness (QED) is 0.520. The highest BCUT2D eigenvalue weighted by Gasteiger charge is 2.03. The molecule has 2 aromatic heterocycles. The fourth-order valence-electron chi connectivity index (χ4n) is 1.46. The zero-order valence-corrected chi connectivity index (χ0v) is 6.77. The van der Waals surface area contributed by atoms with Gasteiger partial charge >= 0.3 is 0 Å². The summed E-state index contributed by atoms with van der Waals surface area (Å²) >= 11 is 0. The summed E-state index contributed by atoms with van der Waals surface area (Å²) in [5.74, 6) is 0. The third-order valence-corrected chi connectivity index (χ3v) is 2.07. The van der Waals surface area contributed by atoms with Crippen molar-refractivity contribution < 1.29 is 4.42 Å². The summed E-state index contributed by atoms with van der Waals surface area (Å²) in [6, 6.07) is 7.86. The van der Waals surface area contributed by atoms with E-state index in [-0.39, 0.29) is 0 Å². The smallest absolute Gasteiger partial charge is 0.182 e. The molecule has 0 atom stereocenters. The lowest BCUT2D eigenvalue weighted by Gasteiger charge is -1.94. The molecule has 0 fully saturated rings. The molecule has 0 saturated heterocycles. The maximum atomic E-state index is 5.28. The van der Waals surface area contributed by atoms with E-state index >= 15 is 0 Å². The van der Waals surface area contributed by atoms with Gasteiger partial charge in [0.25, 0.3) is 0 Å². The van der Waals surface area contributed by atoms with Gasteiger partial charge in [-0.3, -0.25) is 4.98 Å². The van der Waals surface area contributed by atoms with Gasteiger partial charge in [-0.1, -0.05) is 12.1 Å². The van der Waals surface area contributed by atoms with Gasteiger partial charge in [0, 0.05) is 5.39 Å². The van der Waals surface area contributed by atoms with Crippen LogP contribution in [-0.2, 0) is 0 Å². The van der Waals surface area contributed by atoms with Crippen LogP contribution in [0.5, 0.6) is 0 Å². The second-order valence-electron chi connectivity index (χ2n) is 2.84. The van der Waals surface area contributed by atoms with Crippen molar-refractivity contribution in [2.24, 2.45) is 0 Å². The van der Waals surface area contributed by atoms with Gasteiger partial charge in [-0.2, -0.15) is 0 Å². The summed E-state index contributed by atoms with van der Waals surface area (Å²) < 4.78 is 5.28. The largest absolute Gasteiger partial charge is 0.443 e. The van der Waals surface area contributed by atoms with Gasteiger partial charge in [0.2, 0.25) is 0 Å². The van der Waals surface area contributed by atoms with Crippen molar-refractivity contribution in [2.75, 3.05) is 0 Å². The second kappa shape index (κ2) is 2.29. The van der Waals surface area contributed by atoms with Gasteiger partial charge in [-0.15, -0.1) is 0 Å². The van der Waals surface area contributed by atoms with Crippen LogP contribution in [0.1, 0.15) is 0 Å². The van der Waals surface area contributed by atoms with Crippen LogP contribution in [0, 0.1) is 0 Å². The highest BCUT2D eigenvalue weighted by Crippen LogP contribution is 2.21. The Morgan fingerprint density at radius 2 is 1.92 bits per heavy atom. The molecule has 0 bridgehead atoms. The van der Waals surface area contributed by atoms with E-state index in [9.17, 15) is 0 Å². The number of aromatic nitrogens is 2. The van der Waals surface area contributed by atoms with Gasteiger partial charge in [-0.05, 0) is 12.1 Å². The fraction of sp³-hybridized carbons (Fsp3) is 0. The first-order chi connectivity index (χ1) is 6.45. The molecule has 3 aromatic rings. The van der Waals surface area contributed by atoms with E-state index in [4.69, 9.17) is 4.42 Å². The topological polar surface area (TPSA) is 38.9 Å². The molecule has 0 spiro atoms. The molecular formula is C10H6N2O. The zero-order chi connectivity index (χ0) is 8.67. The third-order valence-electron chi connectivity index (χ3n) is 2.07. The summed E-state index contributed by atoms with van der Waals surface area (Å²) in [6.07, 6.45) is 3.17. The van der Waals surface area contributed by atoms with E-state index in [1.54, 1.807) is 6.20 Å². The van der Waals surface area contributed by atoms with Crippen molar-refractivity contribution in [3.05, 3.63) is 36.9 Å². The van der Waals surface area contributed by atoms with Crippen LogP contribution in [0.3, 0.4) is 0 Å². The highest BCUT2D eigenvalue weighted by molar-refractivity contribution is 5.99. The van der Waals surface area contributed by atoms with Gasteiger partial charge in [0.05, 0.1) is 11.7 Å². The molecule has 0 aliphatic carbocycles. The number of rotatable bonds is 0. The Morgan fingerprint density at radius 1 is 1.00 bits per heavy atom. The number of fused-ring (bicyclic) bond motifs is 3. The van der Waals surface area contributed by atoms with Gasteiger partial charge in [-0.25, -0.2) is 4.98 Å². The highest BCUT2D eigenvalue weighted by atomic mass is 16.3. The monoisotopic (exact) mass is 170 g/mol. The summed E-state index contributed by atoms with van der Waals surface area (Å²) in [5.41, 5.74) is 2.55. The molecule has 2 heterocycles. The van der Waals surface area contributed by atoms with E-state index < -0.39 is 0 Å². The number of hydrogen-bond acceptors (Lipinski definition) is 3. The van der Waals surface area contributed by atoms with Crippen LogP contribution in [0.2, 0.25) is 0 Å². The minimum absolute atomic E-state index is 0.804. The lowest BCUT2D eigenvalue weighted by molar-refractivity contribution is 0.605. The molecule has 3 heteroatoms. The molecule has 13 heavy (non-hydrogen) atoms. The molecular weight excluding hydrogens is 164 g/mol. The molecule has 0 aliphatic heterocycles. The molecule has 1 aromatic carbocycles. The predicted molar refractivity (Wildman–Crippen MR) is 49.3 cm³/mol. The number of hydrogen-bond donors (Lipinski definition) is 0. The second-order valence-corrected chi connectivity index (χ2v) is 2.84. The van der Waals surface area contributed by atoms with Crippen molar-refractivity contribution in [3.8, 4) is 0 Å². The van der Waals surface area contributed by atoms with Gasteiger partial charge in [0.15, 0.2) is 12.0 Å². The number of nitrogens with zero attached hydrogens (tertiary/aromatic N) is 2. The Labute approximate surface area is 74.0 Å². The van der Waals surface area contributed by atoms with Gasteiger partial charge < -0.3 is 4.42 Å². The first-order valence-electron chi connectivity index (χ1n) is 4.02. The Morgan fingerprint density at radius 3 is 2.92 bits per heavy atom. The van der Waals surface area contributed by atoms with Crippen LogP contribution in [0.25, 0.3) is 22.0 Å². The molecule has 3 nitrogen and oxygen atoms in total. The summed E-state index contributed by atoms with van der Waals surface area (Å²) in [4.78, 5) is 8.30. The van der Waals surface area contributed by atoms with Crippen LogP contribution in [0.15, 0.2) is 41.3 Å². The summed E-state index contributed by atoms with van der Waals surface area (Å²) in [6.45, 7) is 0. The first-order valence-corrected chi connectivity index (χ1v) is 4.02. The van der Waals surface area contributed by atoms with Crippen molar-refractivity contribution in [2.45, 2.75) is 0 Å². The maximum absolute atomic E-state index is 5.28. The standard InChI is InChI=1S/C10H6N2O/c1-2-4-8-7(3-1)10-9(5-11-8)12-6-13-10/h1-6H. The molecule has 0 amide bonds. The van der Waals surface area contributed by atoms with Crippen molar-refractivity contribution in [1.82, 2.24) is 9.97 Å². The first kappa shape index (κ1) is 6.60. The Bertz CT molecular complexity index is 571. The molecule has 62 valence electrons. The van der Waals surface area contributed by atoms with E-state index in [1.165, 1.54) is 6.39 Å². The molecule has 0 aliphatic rings. The SMILES string of the molecule is c1ccc2c(c1)ncc1ncoc12. The predicted octanol–water partition coefficient (Wildman–Crippen LogP) is 2.38. The molecule has 0 unspecified atom stereocenters. The zero-order valence-electron chi connectivity index (χ0n) is 6.77. The lowest BCUT2D eigenvalue weighted by atomic mass is 10.2. The molecule has 0 radical (unpaired) electrons. The normalized spacial score (nSPS) is 11.1. The Balaban J connectivity index is 2.65. The third kappa shape index (κ3) is 0.839. The van der Waals surface area contributed by atoms with Crippen LogP contribution >= 0.6 is 0 Å². The molecule has 0 saturated carbocycles. The van der Waals surface area contributed by atoms with E-state index in [0.29, 0.717) is 0 Å². The van der Waals surface area contributed by atoms with Crippen molar-refractivity contribution in [3.63, 3.8) is 0 Å².